The van der Waals surface area contributed by atoms with Crippen molar-refractivity contribution in [3.8, 4) is 11.4 Å². The van der Waals surface area contributed by atoms with Crippen molar-refractivity contribution in [2.24, 2.45) is 0 Å². The van der Waals surface area contributed by atoms with E-state index in [-0.39, 0.29) is 12.1 Å². The monoisotopic (exact) mass is 377 g/mol. The molecule has 8 heteroatoms. The van der Waals surface area contributed by atoms with Crippen LogP contribution >= 0.6 is 0 Å². The Kier molecular flexibility index (Phi) is 5.27. The van der Waals surface area contributed by atoms with E-state index in [9.17, 15) is 4.79 Å². The number of amides is 2. The van der Waals surface area contributed by atoms with Gasteiger partial charge in [0.1, 0.15) is 0 Å². The molecule has 4 rings (SSSR count). The third-order valence-electron chi connectivity index (χ3n) is 4.94. The van der Waals surface area contributed by atoms with Gasteiger partial charge in [0.2, 0.25) is 5.82 Å². The summed E-state index contributed by atoms with van der Waals surface area (Å²) in [6.45, 7) is 3.35. The minimum absolute atomic E-state index is 0.0525. The van der Waals surface area contributed by atoms with Crippen LogP contribution in [-0.4, -0.2) is 42.7 Å². The van der Waals surface area contributed by atoms with Crippen LogP contribution in [0.4, 0.5) is 10.5 Å². The van der Waals surface area contributed by atoms with E-state index in [0.29, 0.717) is 18.1 Å². The van der Waals surface area contributed by atoms with Gasteiger partial charge in [-0.15, -0.1) is 10.2 Å². The molecule has 0 radical (unpaired) electrons. The first-order chi connectivity index (χ1) is 13.7. The summed E-state index contributed by atoms with van der Waals surface area (Å²) in [6.07, 6.45) is 6.67. The molecule has 1 aromatic carbocycles. The molecule has 1 atom stereocenters. The van der Waals surface area contributed by atoms with Crippen molar-refractivity contribution in [2.75, 3.05) is 11.9 Å². The van der Waals surface area contributed by atoms with Crippen molar-refractivity contribution in [3.63, 3.8) is 0 Å². The molecular formula is C20H23N7O. The third-order valence-corrected chi connectivity index (χ3v) is 4.94. The number of aryl methyl sites for hydroxylation is 1. The summed E-state index contributed by atoms with van der Waals surface area (Å²) < 4.78 is 0. The molecule has 1 saturated heterocycles. The number of tetrazole rings is 1. The van der Waals surface area contributed by atoms with Gasteiger partial charge in [0.05, 0.1) is 12.6 Å². The van der Waals surface area contributed by atoms with Gasteiger partial charge in [0.15, 0.2) is 0 Å². The molecule has 0 spiro atoms. The fourth-order valence-electron chi connectivity index (χ4n) is 3.52. The molecule has 0 saturated carbocycles. The van der Waals surface area contributed by atoms with E-state index < -0.39 is 0 Å². The van der Waals surface area contributed by atoms with E-state index >= 15 is 0 Å². The number of likely N-dealkylation sites (tertiary alicyclic amines) is 1. The normalized spacial score (nSPS) is 16.8. The van der Waals surface area contributed by atoms with Crippen LogP contribution in [-0.2, 0) is 6.54 Å². The Bertz CT molecular complexity index is 940. The Hall–Kier alpha value is -3.29. The van der Waals surface area contributed by atoms with Gasteiger partial charge in [-0.05, 0) is 55.2 Å². The van der Waals surface area contributed by atoms with Crippen molar-refractivity contribution < 1.29 is 4.79 Å². The number of hydrogen-bond acceptors (Lipinski definition) is 5. The molecule has 1 aliphatic heterocycles. The van der Waals surface area contributed by atoms with Crippen molar-refractivity contribution in [3.05, 3.63) is 54.4 Å². The van der Waals surface area contributed by atoms with Gasteiger partial charge in [0.25, 0.3) is 0 Å². The topological polar surface area (TPSA) is 88.8 Å². The second-order valence-electron chi connectivity index (χ2n) is 6.80. The number of rotatable bonds is 4. The average Bonchev–Trinajstić information content (AvgIpc) is 3.24. The molecule has 3 aromatic rings. The molecular weight excluding hydrogens is 354 g/mol. The van der Waals surface area contributed by atoms with Crippen LogP contribution in [0.2, 0.25) is 0 Å². The number of carbonyl (C=O) groups excluding carboxylic acids is 1. The number of carbonyl (C=O) groups is 1. The maximum Gasteiger partial charge on any atom is 0.322 e. The lowest BCUT2D eigenvalue weighted by Crippen LogP contribution is -2.41. The summed E-state index contributed by atoms with van der Waals surface area (Å²) in [5, 5.41) is 15.4. The summed E-state index contributed by atoms with van der Waals surface area (Å²) in [6, 6.07) is 11.4. The molecule has 1 fully saturated rings. The Morgan fingerprint density at radius 3 is 2.96 bits per heavy atom. The highest BCUT2D eigenvalue weighted by atomic mass is 16.2. The molecule has 1 aliphatic rings. The number of aromatic nitrogens is 5. The van der Waals surface area contributed by atoms with E-state index in [1.165, 1.54) is 4.80 Å². The fourth-order valence-corrected chi connectivity index (χ4v) is 3.52. The molecule has 8 nitrogen and oxygen atoms in total. The van der Waals surface area contributed by atoms with Gasteiger partial charge in [-0.25, -0.2) is 4.79 Å². The molecule has 28 heavy (non-hydrogen) atoms. The highest BCUT2D eigenvalue weighted by Gasteiger charge is 2.28. The Morgan fingerprint density at radius 2 is 2.18 bits per heavy atom. The van der Waals surface area contributed by atoms with Gasteiger partial charge in [-0.2, -0.15) is 4.80 Å². The Balaban J connectivity index is 1.51. The van der Waals surface area contributed by atoms with Gasteiger partial charge in [0, 0.05) is 30.2 Å². The van der Waals surface area contributed by atoms with Crippen LogP contribution in [0.15, 0.2) is 48.8 Å². The van der Waals surface area contributed by atoms with Crippen molar-refractivity contribution in [2.45, 2.75) is 38.8 Å². The van der Waals surface area contributed by atoms with E-state index in [2.05, 4.69) is 25.7 Å². The van der Waals surface area contributed by atoms with Crippen LogP contribution in [0.5, 0.6) is 0 Å². The molecule has 2 amide bonds. The molecule has 3 heterocycles. The van der Waals surface area contributed by atoms with E-state index in [1.807, 2.05) is 54.4 Å². The molecule has 0 bridgehead atoms. The molecule has 144 valence electrons. The Labute approximate surface area is 163 Å². The fraction of sp³-hybridized carbons (Fsp3) is 0.350. The zero-order valence-electron chi connectivity index (χ0n) is 15.8. The molecule has 0 unspecified atom stereocenters. The maximum atomic E-state index is 13.0. The minimum Gasteiger partial charge on any atom is -0.317 e. The number of nitrogens with zero attached hydrogens (tertiary/aromatic N) is 6. The summed E-state index contributed by atoms with van der Waals surface area (Å²) in [5.41, 5.74) is 2.61. The highest BCUT2D eigenvalue weighted by Crippen LogP contribution is 2.31. The second kappa shape index (κ2) is 8.16. The predicted molar refractivity (Wildman–Crippen MR) is 105 cm³/mol. The third kappa shape index (κ3) is 3.85. The SMILES string of the molecule is CCn1nnc(-c2cccc(NC(=O)N3CCCC[C@H]3c3cccnc3)c2)n1. The van der Waals surface area contributed by atoms with Crippen LogP contribution in [0.25, 0.3) is 11.4 Å². The zero-order valence-corrected chi connectivity index (χ0v) is 15.8. The first kappa shape index (κ1) is 18.1. The number of pyridine rings is 1. The number of piperidine rings is 1. The highest BCUT2D eigenvalue weighted by molar-refractivity contribution is 5.90. The van der Waals surface area contributed by atoms with E-state index in [1.54, 1.807) is 6.20 Å². The summed E-state index contributed by atoms with van der Waals surface area (Å²) in [7, 11) is 0. The van der Waals surface area contributed by atoms with Gasteiger partial charge in [-0.3, -0.25) is 4.98 Å². The maximum absolute atomic E-state index is 13.0. The summed E-state index contributed by atoms with van der Waals surface area (Å²) >= 11 is 0. The number of benzene rings is 1. The van der Waals surface area contributed by atoms with Crippen molar-refractivity contribution in [1.29, 1.82) is 0 Å². The molecule has 2 aromatic heterocycles. The second-order valence-corrected chi connectivity index (χ2v) is 6.80. The first-order valence-corrected chi connectivity index (χ1v) is 9.60. The van der Waals surface area contributed by atoms with Crippen molar-refractivity contribution in [1.82, 2.24) is 30.1 Å². The number of anilines is 1. The Morgan fingerprint density at radius 1 is 1.25 bits per heavy atom. The average molecular weight is 377 g/mol. The first-order valence-electron chi connectivity index (χ1n) is 9.60. The summed E-state index contributed by atoms with van der Waals surface area (Å²) in [5.74, 6) is 0.546. The van der Waals surface area contributed by atoms with Crippen LogP contribution in [0.1, 0.15) is 37.8 Å². The predicted octanol–water partition coefficient (Wildman–Crippen LogP) is 3.51. The minimum atomic E-state index is -0.101. The number of urea groups is 1. The lowest BCUT2D eigenvalue weighted by molar-refractivity contribution is 0.163. The smallest absolute Gasteiger partial charge is 0.317 e. The van der Waals surface area contributed by atoms with E-state index in [0.717, 1.165) is 36.9 Å². The van der Waals surface area contributed by atoms with Crippen LogP contribution in [0.3, 0.4) is 0 Å². The van der Waals surface area contributed by atoms with Gasteiger partial charge in [-0.1, -0.05) is 18.2 Å². The quantitative estimate of drug-likeness (QED) is 0.751. The zero-order chi connectivity index (χ0) is 19.3. The number of nitrogens with one attached hydrogen (secondary N) is 1. The number of hydrogen-bond donors (Lipinski definition) is 1. The largest absolute Gasteiger partial charge is 0.322 e. The van der Waals surface area contributed by atoms with Crippen molar-refractivity contribution >= 4 is 11.7 Å². The van der Waals surface area contributed by atoms with Gasteiger partial charge < -0.3 is 10.2 Å². The van der Waals surface area contributed by atoms with Crippen LogP contribution < -0.4 is 5.32 Å². The molecule has 0 aliphatic carbocycles. The van der Waals surface area contributed by atoms with Crippen LogP contribution in [0, 0.1) is 0 Å². The standard InChI is InChI=1S/C20H23N7O/c1-2-27-24-19(23-25-27)15-7-5-9-17(13-15)22-20(28)26-12-4-3-10-18(26)16-8-6-11-21-14-16/h5-9,11,13-14,18H,2-4,10,12H2,1H3,(H,22,28)/t18-/m0/s1. The van der Waals surface area contributed by atoms with Gasteiger partial charge >= 0.3 is 6.03 Å². The summed E-state index contributed by atoms with van der Waals surface area (Å²) in [4.78, 5) is 20.6. The molecule has 1 N–H and O–H groups in total. The van der Waals surface area contributed by atoms with E-state index in [4.69, 9.17) is 0 Å². The lowest BCUT2D eigenvalue weighted by atomic mass is 9.97. The lowest BCUT2D eigenvalue weighted by Gasteiger charge is -2.35.